The highest BCUT2D eigenvalue weighted by molar-refractivity contribution is 5.74. The topological polar surface area (TPSA) is 121 Å². The first-order valence-corrected chi connectivity index (χ1v) is 6.80. The second-order valence-electron chi connectivity index (χ2n) is 5.13. The highest BCUT2D eigenvalue weighted by Gasteiger charge is 2.33. The van der Waals surface area contributed by atoms with Crippen LogP contribution in [0.1, 0.15) is 33.0 Å². The largest absolute Gasteiger partial charge is 0.422 e. The van der Waals surface area contributed by atoms with E-state index in [0.717, 1.165) is 11.8 Å². The summed E-state index contributed by atoms with van der Waals surface area (Å²) in [5, 5.41) is 6.64. The summed E-state index contributed by atoms with van der Waals surface area (Å²) in [4.78, 5) is 39.3. The lowest BCUT2D eigenvalue weighted by Gasteiger charge is -2.23. The molecule has 0 radical (unpaired) electrons. The van der Waals surface area contributed by atoms with Crippen molar-refractivity contribution in [2.24, 2.45) is 0 Å². The second-order valence-corrected chi connectivity index (χ2v) is 5.13. The van der Waals surface area contributed by atoms with Gasteiger partial charge in [-0.2, -0.15) is 5.10 Å². The predicted octanol–water partition coefficient (Wildman–Crippen LogP) is 0.885. The number of H-pyrrole nitrogens is 3. The summed E-state index contributed by atoms with van der Waals surface area (Å²) >= 11 is 0. The predicted molar refractivity (Wildman–Crippen MR) is 79.1 cm³/mol. The van der Waals surface area contributed by atoms with Gasteiger partial charge in [-0.05, 0) is 5.56 Å². The van der Waals surface area contributed by atoms with Crippen molar-refractivity contribution in [2.45, 2.75) is 5.92 Å². The smallest absolute Gasteiger partial charge is 0.328 e. The number of aromatic nitrogens is 4. The first-order chi connectivity index (χ1) is 11.2. The maximum absolute atomic E-state index is 12.3. The van der Waals surface area contributed by atoms with Gasteiger partial charge in [0.25, 0.3) is 5.56 Å². The van der Waals surface area contributed by atoms with Crippen molar-refractivity contribution < 1.29 is 9.53 Å². The molecule has 8 heteroatoms. The molecular formula is C15H10N4O4. The van der Waals surface area contributed by atoms with Crippen molar-refractivity contribution >= 4 is 6.29 Å². The number of aldehydes is 1. The maximum atomic E-state index is 12.3. The molecule has 1 aromatic carbocycles. The zero-order chi connectivity index (χ0) is 16.0. The molecule has 3 heterocycles. The number of fused-ring (bicyclic) bond motifs is 2. The molecule has 3 aromatic rings. The molecule has 0 saturated heterocycles. The number of ether oxygens (including phenoxy) is 1. The molecule has 1 aliphatic heterocycles. The fourth-order valence-electron chi connectivity index (χ4n) is 2.76. The van der Waals surface area contributed by atoms with Crippen molar-refractivity contribution in [3.05, 3.63) is 73.6 Å². The number of nitrogens with one attached hydrogen (secondary N) is 3. The van der Waals surface area contributed by atoms with E-state index in [2.05, 4.69) is 20.2 Å². The molecule has 0 fully saturated rings. The van der Waals surface area contributed by atoms with Gasteiger partial charge in [0.1, 0.15) is 6.29 Å². The van der Waals surface area contributed by atoms with Crippen LogP contribution in [-0.2, 0) is 0 Å². The Balaban J connectivity index is 1.98. The van der Waals surface area contributed by atoms with Gasteiger partial charge in [-0.1, -0.05) is 24.3 Å². The van der Waals surface area contributed by atoms with Gasteiger partial charge in [-0.25, -0.2) is 9.89 Å². The number of benzene rings is 1. The number of nitrogens with zero attached hydrogens (tertiary/aromatic N) is 1. The molecule has 4 rings (SSSR count). The van der Waals surface area contributed by atoms with E-state index in [0.29, 0.717) is 17.0 Å². The van der Waals surface area contributed by atoms with Crippen LogP contribution in [0.25, 0.3) is 0 Å². The van der Waals surface area contributed by atoms with Crippen LogP contribution in [0.5, 0.6) is 11.8 Å². The number of rotatable bonds is 2. The quantitative estimate of drug-likeness (QED) is 0.475. The third-order valence-electron chi connectivity index (χ3n) is 3.78. The van der Waals surface area contributed by atoms with Gasteiger partial charge in [-0.15, -0.1) is 0 Å². The molecule has 1 aliphatic rings. The van der Waals surface area contributed by atoms with Crippen LogP contribution >= 0.6 is 0 Å². The lowest BCUT2D eigenvalue weighted by atomic mass is 9.86. The molecule has 0 aliphatic carbocycles. The summed E-state index contributed by atoms with van der Waals surface area (Å²) in [5.41, 5.74) is 1.10. The Morgan fingerprint density at radius 3 is 2.61 bits per heavy atom. The molecule has 0 bridgehead atoms. The summed E-state index contributed by atoms with van der Waals surface area (Å²) in [6, 6.07) is 6.84. The Morgan fingerprint density at radius 1 is 1.09 bits per heavy atom. The van der Waals surface area contributed by atoms with Gasteiger partial charge in [0.2, 0.25) is 11.8 Å². The van der Waals surface area contributed by atoms with Crippen LogP contribution in [0.3, 0.4) is 0 Å². The van der Waals surface area contributed by atoms with Crippen molar-refractivity contribution in [3.8, 4) is 11.8 Å². The first kappa shape index (κ1) is 13.3. The van der Waals surface area contributed by atoms with E-state index in [-0.39, 0.29) is 11.4 Å². The molecule has 0 amide bonds. The van der Waals surface area contributed by atoms with Crippen molar-refractivity contribution in [1.29, 1.82) is 0 Å². The van der Waals surface area contributed by atoms with Crippen LogP contribution in [0, 0.1) is 0 Å². The Kier molecular flexibility index (Phi) is 2.77. The Bertz CT molecular complexity index is 1010. The third-order valence-corrected chi connectivity index (χ3v) is 3.78. The van der Waals surface area contributed by atoms with Crippen LogP contribution in [0.4, 0.5) is 0 Å². The number of carbonyl (C=O) groups is 1. The Morgan fingerprint density at radius 2 is 1.87 bits per heavy atom. The summed E-state index contributed by atoms with van der Waals surface area (Å²) in [6.07, 6.45) is 2.32. The number of carbonyl (C=O) groups excluding carboxylic acids is 1. The van der Waals surface area contributed by atoms with E-state index in [1.54, 1.807) is 30.5 Å². The van der Waals surface area contributed by atoms with Gasteiger partial charge in [0.05, 0.1) is 17.7 Å². The van der Waals surface area contributed by atoms with Crippen molar-refractivity contribution in [1.82, 2.24) is 20.2 Å². The van der Waals surface area contributed by atoms with Crippen LogP contribution < -0.4 is 16.0 Å². The van der Waals surface area contributed by atoms with Crippen molar-refractivity contribution in [2.75, 3.05) is 0 Å². The summed E-state index contributed by atoms with van der Waals surface area (Å²) < 4.78 is 5.53. The van der Waals surface area contributed by atoms with E-state index in [1.807, 2.05) is 0 Å². The molecule has 114 valence electrons. The molecule has 23 heavy (non-hydrogen) atoms. The fourth-order valence-corrected chi connectivity index (χ4v) is 2.76. The minimum atomic E-state index is -0.647. The lowest BCUT2D eigenvalue weighted by Crippen LogP contribution is -2.30. The second kappa shape index (κ2) is 4.80. The molecule has 2 aromatic heterocycles. The van der Waals surface area contributed by atoms with Gasteiger partial charge in [-0.3, -0.25) is 19.6 Å². The van der Waals surface area contributed by atoms with E-state index in [4.69, 9.17) is 4.74 Å². The molecule has 1 atom stereocenters. The first-order valence-electron chi connectivity index (χ1n) is 6.80. The van der Waals surface area contributed by atoms with E-state index < -0.39 is 17.2 Å². The lowest BCUT2D eigenvalue weighted by molar-refractivity contribution is 0.112. The van der Waals surface area contributed by atoms with Crippen molar-refractivity contribution in [3.63, 3.8) is 0 Å². The maximum Gasteiger partial charge on any atom is 0.328 e. The van der Waals surface area contributed by atoms with E-state index in [9.17, 15) is 14.4 Å². The average molecular weight is 310 g/mol. The molecule has 3 N–H and O–H groups in total. The van der Waals surface area contributed by atoms with Gasteiger partial charge >= 0.3 is 5.69 Å². The van der Waals surface area contributed by atoms with Crippen LogP contribution in [0.2, 0.25) is 0 Å². The number of hydrogen-bond acceptors (Lipinski definition) is 5. The van der Waals surface area contributed by atoms with Crippen LogP contribution in [-0.4, -0.2) is 26.5 Å². The Labute approximate surface area is 128 Å². The number of aromatic amines is 3. The highest BCUT2D eigenvalue weighted by atomic mass is 16.5. The third kappa shape index (κ3) is 2.00. The minimum absolute atomic E-state index is 0.0833. The SMILES string of the molecule is O=Cc1ccc(C2c3cn[nH]c3Oc3[nH]c(=O)[nH]c(=O)c32)cc1. The highest BCUT2D eigenvalue weighted by Crippen LogP contribution is 2.43. The Hall–Kier alpha value is -3.42. The summed E-state index contributed by atoms with van der Waals surface area (Å²) in [7, 11) is 0. The van der Waals surface area contributed by atoms with Gasteiger partial charge < -0.3 is 4.74 Å². The monoisotopic (exact) mass is 310 g/mol. The van der Waals surface area contributed by atoms with Crippen LogP contribution in [0.15, 0.2) is 40.1 Å². The van der Waals surface area contributed by atoms with Gasteiger partial charge in [0, 0.05) is 11.1 Å². The number of hydrogen-bond donors (Lipinski definition) is 3. The minimum Gasteiger partial charge on any atom is -0.422 e. The zero-order valence-electron chi connectivity index (χ0n) is 11.6. The molecular weight excluding hydrogens is 300 g/mol. The molecule has 0 saturated carbocycles. The average Bonchev–Trinajstić information content (AvgIpc) is 3.00. The summed E-state index contributed by atoms with van der Waals surface area (Å²) in [6.45, 7) is 0. The normalized spacial score (nSPS) is 15.4. The molecule has 8 nitrogen and oxygen atoms in total. The molecule has 1 unspecified atom stereocenters. The fraction of sp³-hybridized carbons (Fsp3) is 0.0667. The van der Waals surface area contributed by atoms with Gasteiger partial charge in [0.15, 0.2) is 0 Å². The zero-order valence-corrected chi connectivity index (χ0v) is 11.6. The van der Waals surface area contributed by atoms with E-state index >= 15 is 0 Å². The molecule has 0 spiro atoms. The van der Waals surface area contributed by atoms with E-state index in [1.165, 1.54) is 0 Å². The summed E-state index contributed by atoms with van der Waals surface area (Å²) in [5.74, 6) is -0.0167. The standard InChI is InChI=1S/C15H10N4O4/c20-6-7-1-3-8(4-2-7)10-9-5-16-19-13(9)23-14-11(10)12(21)17-15(22)18-14/h1-6,10H,(H,16,19)(H2,17,18,21,22).